The van der Waals surface area contributed by atoms with E-state index in [1.165, 1.54) is 199 Å². The first-order chi connectivity index (χ1) is 40.2. The molecule has 11 nitrogen and oxygen atoms in total. The number of aliphatic hydroxyl groups is 5. The Morgan fingerprint density at radius 2 is 0.841 bits per heavy atom. The fourth-order valence-corrected chi connectivity index (χ4v) is 11.0. The molecule has 8 unspecified atom stereocenters. The Bertz CT molecular complexity index is 1520. The molecule has 82 heavy (non-hydrogen) atoms. The van der Waals surface area contributed by atoms with Crippen LogP contribution >= 0.6 is 0 Å². The van der Waals surface area contributed by atoms with E-state index in [1.807, 2.05) is 6.08 Å². The first kappa shape index (κ1) is 77.6. The number of aliphatic hydroxyl groups excluding tert-OH is 5. The van der Waals surface area contributed by atoms with Crippen LogP contribution in [0.3, 0.4) is 0 Å². The lowest BCUT2D eigenvalue weighted by atomic mass is 9.99. The number of ether oxygens (including phenoxy) is 3. The second-order valence-electron chi connectivity index (χ2n) is 24.3. The molecular weight excluding hydrogens is 1030 g/mol. The summed E-state index contributed by atoms with van der Waals surface area (Å²) < 4.78 is 17.7. The molecule has 6 N–H and O–H groups in total. The van der Waals surface area contributed by atoms with E-state index in [9.17, 15) is 35.1 Å². The third-order valence-electron chi connectivity index (χ3n) is 16.5. The average molecular weight is 1160 g/mol. The standard InChI is InChI=1S/C71H131NO10/c1-4-7-10-13-16-19-22-25-27-29-31-33-35-37-39-41-44-47-50-53-56-59-66(76)82-69-68(78)67(77)65(60-73)81-71(69)80-61-62(63(74)57-54-51-48-45-42-24-21-18-15-12-9-6-3)72-70(79)64(75)58-55-52-49-46-43-40-38-36-34-32-30-28-26-23-20-17-14-11-8-5-2/h16,19,25,27,31,33,54,57,62-65,67-69,71,73-75,77-78H,4-15,17-18,20-24,26,28-30,32,34-53,55-56,58-61H2,1-3H3,(H,72,79)/b19-16-,27-25-,33-31-,57-54+. The van der Waals surface area contributed by atoms with Crippen LogP contribution in [-0.2, 0) is 23.8 Å². The van der Waals surface area contributed by atoms with E-state index < -0.39 is 67.4 Å². The van der Waals surface area contributed by atoms with Gasteiger partial charge >= 0.3 is 5.97 Å². The zero-order valence-electron chi connectivity index (χ0n) is 53.4. The van der Waals surface area contributed by atoms with Gasteiger partial charge in [0.15, 0.2) is 12.4 Å². The zero-order valence-corrected chi connectivity index (χ0v) is 53.4. The molecule has 1 amide bonds. The van der Waals surface area contributed by atoms with Gasteiger partial charge in [-0.15, -0.1) is 0 Å². The van der Waals surface area contributed by atoms with Gasteiger partial charge in [0.2, 0.25) is 5.91 Å². The number of esters is 1. The first-order valence-electron chi connectivity index (χ1n) is 34.9. The molecule has 11 heteroatoms. The van der Waals surface area contributed by atoms with Gasteiger partial charge in [-0.25, -0.2) is 0 Å². The van der Waals surface area contributed by atoms with Gasteiger partial charge in [0.05, 0.1) is 25.4 Å². The summed E-state index contributed by atoms with van der Waals surface area (Å²) in [4.78, 5) is 26.7. The fraction of sp³-hybridized carbons (Fsp3) is 0.859. The van der Waals surface area contributed by atoms with Crippen molar-refractivity contribution < 1.29 is 49.3 Å². The molecule has 1 saturated heterocycles. The smallest absolute Gasteiger partial charge is 0.306 e. The lowest BCUT2D eigenvalue weighted by molar-refractivity contribution is -0.305. The number of carbonyl (C=O) groups excluding carboxylic acids is 2. The second-order valence-corrected chi connectivity index (χ2v) is 24.3. The Balaban J connectivity index is 2.60. The van der Waals surface area contributed by atoms with Crippen molar-refractivity contribution in [3.63, 3.8) is 0 Å². The molecule has 1 fully saturated rings. The van der Waals surface area contributed by atoms with Crippen LogP contribution in [0.2, 0.25) is 0 Å². The maximum atomic E-state index is 13.5. The van der Waals surface area contributed by atoms with Crippen LogP contribution in [0.15, 0.2) is 48.6 Å². The number of unbranched alkanes of at least 4 members (excludes halogenated alkanes) is 40. The quantitative estimate of drug-likeness (QED) is 0.0195. The SMILES string of the molecule is CCCCC/C=C\C/C=C\C/C=C\CCCCCCCCCCC(=O)OC1C(OCC(NC(=O)C(O)CCCCCCCCCCCCCCCCCCCCCC)C(O)/C=C/CCCCCCCCCCCC)OC(CO)C(O)C1O. The normalized spacial score (nSPS) is 18.9. The van der Waals surface area contributed by atoms with Gasteiger partial charge < -0.3 is 45.1 Å². The summed E-state index contributed by atoms with van der Waals surface area (Å²) in [5, 5.41) is 57.2. The largest absolute Gasteiger partial charge is 0.454 e. The van der Waals surface area contributed by atoms with Crippen molar-refractivity contribution in [3.05, 3.63) is 48.6 Å². The highest BCUT2D eigenvalue weighted by atomic mass is 16.7. The summed E-state index contributed by atoms with van der Waals surface area (Å²) in [6, 6.07) is -1.02. The summed E-state index contributed by atoms with van der Waals surface area (Å²) in [5.74, 6) is -1.19. The van der Waals surface area contributed by atoms with Crippen molar-refractivity contribution in [2.75, 3.05) is 13.2 Å². The highest BCUT2D eigenvalue weighted by molar-refractivity contribution is 5.80. The number of hydrogen-bond donors (Lipinski definition) is 6. The molecule has 1 aliphatic rings. The van der Waals surface area contributed by atoms with Crippen LogP contribution in [0.25, 0.3) is 0 Å². The summed E-state index contributed by atoms with van der Waals surface area (Å²) >= 11 is 0. The van der Waals surface area contributed by atoms with Crippen LogP contribution in [0, 0.1) is 0 Å². The maximum absolute atomic E-state index is 13.5. The molecule has 0 saturated carbocycles. The number of amides is 1. The lowest BCUT2D eigenvalue weighted by Crippen LogP contribution is -2.61. The van der Waals surface area contributed by atoms with Crippen LogP contribution in [0.4, 0.5) is 0 Å². The third-order valence-corrected chi connectivity index (χ3v) is 16.5. The maximum Gasteiger partial charge on any atom is 0.306 e. The Hall–Kier alpha value is -2.38. The van der Waals surface area contributed by atoms with Gasteiger partial charge in [-0.2, -0.15) is 0 Å². The van der Waals surface area contributed by atoms with E-state index in [1.54, 1.807) is 6.08 Å². The predicted molar refractivity (Wildman–Crippen MR) is 343 cm³/mol. The minimum Gasteiger partial charge on any atom is -0.454 e. The van der Waals surface area contributed by atoms with Gasteiger partial charge in [0, 0.05) is 6.42 Å². The highest BCUT2D eigenvalue weighted by Crippen LogP contribution is 2.26. The number of rotatable bonds is 60. The number of carbonyl (C=O) groups is 2. The van der Waals surface area contributed by atoms with E-state index in [2.05, 4.69) is 62.5 Å². The molecular formula is C71H131NO10. The Kier molecular flexibility index (Phi) is 55.8. The van der Waals surface area contributed by atoms with Crippen molar-refractivity contribution in [2.45, 2.75) is 378 Å². The van der Waals surface area contributed by atoms with Crippen molar-refractivity contribution in [1.82, 2.24) is 5.32 Å². The molecule has 1 heterocycles. The van der Waals surface area contributed by atoms with E-state index in [-0.39, 0.29) is 13.0 Å². The Morgan fingerprint density at radius 3 is 1.28 bits per heavy atom. The second kappa shape index (κ2) is 59.0. The molecule has 0 bridgehead atoms. The van der Waals surface area contributed by atoms with Gasteiger partial charge in [0.25, 0.3) is 0 Å². The van der Waals surface area contributed by atoms with Gasteiger partial charge in [-0.3, -0.25) is 9.59 Å². The van der Waals surface area contributed by atoms with Gasteiger partial charge in [-0.05, 0) is 64.2 Å². The molecule has 0 aromatic heterocycles. The number of hydrogen-bond acceptors (Lipinski definition) is 10. The third kappa shape index (κ3) is 45.9. The average Bonchev–Trinajstić information content (AvgIpc) is 3.44. The van der Waals surface area contributed by atoms with Gasteiger partial charge in [0.1, 0.15) is 24.4 Å². The molecule has 480 valence electrons. The molecule has 8 atom stereocenters. The molecule has 0 radical (unpaired) electrons. The summed E-state index contributed by atoms with van der Waals surface area (Å²) in [6.45, 7) is 5.80. The molecule has 0 aliphatic carbocycles. The highest BCUT2D eigenvalue weighted by Gasteiger charge is 2.47. The van der Waals surface area contributed by atoms with Crippen molar-refractivity contribution >= 4 is 11.9 Å². The minimum atomic E-state index is -1.62. The molecule has 1 rings (SSSR count). The molecule has 0 spiro atoms. The van der Waals surface area contributed by atoms with E-state index in [0.717, 1.165) is 83.5 Å². The van der Waals surface area contributed by atoms with E-state index >= 15 is 0 Å². The summed E-state index contributed by atoms with van der Waals surface area (Å²) in [7, 11) is 0. The predicted octanol–water partition coefficient (Wildman–Crippen LogP) is 17.6. The van der Waals surface area contributed by atoms with Crippen LogP contribution in [-0.4, -0.2) is 99.6 Å². The molecule has 1 aliphatic heterocycles. The molecule has 0 aromatic rings. The minimum absolute atomic E-state index is 0.116. The van der Waals surface area contributed by atoms with Crippen molar-refractivity contribution in [3.8, 4) is 0 Å². The number of allylic oxidation sites excluding steroid dienone is 7. The van der Waals surface area contributed by atoms with Crippen LogP contribution in [0.5, 0.6) is 0 Å². The summed E-state index contributed by atoms with van der Waals surface area (Å²) in [6.07, 6.45) is 62.9. The monoisotopic (exact) mass is 1160 g/mol. The number of nitrogens with one attached hydrogen (secondary N) is 1. The fourth-order valence-electron chi connectivity index (χ4n) is 11.0. The van der Waals surface area contributed by atoms with Crippen LogP contribution in [0.1, 0.15) is 329 Å². The Labute approximate surface area is 504 Å². The first-order valence-corrected chi connectivity index (χ1v) is 34.9. The topological polar surface area (TPSA) is 175 Å². The van der Waals surface area contributed by atoms with Gasteiger partial charge in [-0.1, -0.05) is 307 Å². The van der Waals surface area contributed by atoms with E-state index in [4.69, 9.17) is 14.2 Å². The van der Waals surface area contributed by atoms with Crippen molar-refractivity contribution in [1.29, 1.82) is 0 Å². The Morgan fingerprint density at radius 1 is 0.476 bits per heavy atom. The lowest BCUT2D eigenvalue weighted by Gasteiger charge is -2.41. The molecule has 0 aromatic carbocycles. The summed E-state index contributed by atoms with van der Waals surface area (Å²) in [5.41, 5.74) is 0. The van der Waals surface area contributed by atoms with Crippen LogP contribution < -0.4 is 5.32 Å². The van der Waals surface area contributed by atoms with Crippen molar-refractivity contribution in [2.24, 2.45) is 0 Å². The zero-order chi connectivity index (χ0) is 59.6. The van der Waals surface area contributed by atoms with E-state index in [0.29, 0.717) is 19.3 Å².